The maximum absolute atomic E-state index is 11.6. The van der Waals surface area contributed by atoms with Crippen LogP contribution in [0.5, 0.6) is 0 Å². The third-order valence-corrected chi connectivity index (χ3v) is 12.1. The Kier molecular flexibility index (Phi) is 77.5. The van der Waals surface area contributed by atoms with Gasteiger partial charge in [0.05, 0.1) is 44.5 Å². The van der Waals surface area contributed by atoms with Crippen molar-refractivity contribution in [2.24, 2.45) is 22.7 Å². The summed E-state index contributed by atoms with van der Waals surface area (Å²) >= 11 is 0. The quantitative estimate of drug-likeness (QED) is 0.0112. The molecule has 0 aromatic rings. The highest BCUT2D eigenvalue weighted by molar-refractivity contribution is 7.86. The van der Waals surface area contributed by atoms with Gasteiger partial charge in [0, 0.05) is 28.5 Å². The summed E-state index contributed by atoms with van der Waals surface area (Å²) in [5.41, 5.74) is 0.994. The van der Waals surface area contributed by atoms with Crippen LogP contribution in [0.3, 0.4) is 0 Å². The summed E-state index contributed by atoms with van der Waals surface area (Å²) in [5, 5.41) is 7.61. The van der Waals surface area contributed by atoms with Gasteiger partial charge in [-0.2, -0.15) is 8.42 Å². The number of ether oxygens (including phenoxy) is 4. The predicted octanol–water partition coefficient (Wildman–Crippen LogP) is 9.30. The van der Waals surface area contributed by atoms with Crippen molar-refractivity contribution < 1.29 is 98.5 Å². The Labute approximate surface area is 501 Å². The van der Waals surface area contributed by atoms with Gasteiger partial charge in [0.25, 0.3) is 16.0 Å². The molecule has 0 aliphatic rings. The molecule has 2 atom stereocenters. The Balaban J connectivity index is -0.0000000519. The summed E-state index contributed by atoms with van der Waals surface area (Å²) in [4.78, 5) is 95.6. The van der Waals surface area contributed by atoms with Gasteiger partial charge in [0.1, 0.15) is 19.8 Å². The Morgan fingerprint density at radius 3 is 1.18 bits per heavy atom. The van der Waals surface area contributed by atoms with Crippen LogP contribution in [0, 0.1) is 22.7 Å². The van der Waals surface area contributed by atoms with E-state index in [1.165, 1.54) is 20.8 Å². The zero-order valence-electron chi connectivity index (χ0n) is 45.3. The topological polar surface area (TPSA) is 389 Å². The number of carbonyl (C=O) groups excluding carboxylic acids is 7. The lowest BCUT2D eigenvalue weighted by atomic mass is 9.91. The van der Waals surface area contributed by atoms with E-state index >= 15 is 0 Å². The molecule has 0 aliphatic carbocycles. The van der Waals surface area contributed by atoms with E-state index in [-0.39, 0.29) is 124 Å². The standard InChI is InChI=1S/C14H23NO5.2C9H19NO4S.C7H15O5P.C6H11NO2.10CH4/c1-6-14(4,5)13(18)20-9-11(16)15-7-8-19-12(17)10(2)3;2*1-5-7(2)8(11)10-9(3,4)6-15(12,13)14;1-4-7(2,3)6(8)12-5-13(9,10)11;1-5(2)6(8)9-4-3-7;;;;;;;;;;/h2,6-9H2,1,3-5H3,(H,15,16);2*7H,5-6H2,1-4H3,(H,10,11)(H,12,13,14);4-5H2,1-3H3,(H2,9,10,11);1,3-4,7H2,2H3;10*1H4. The number of hydrogen-bond donors (Lipinski definition) is 7. The van der Waals surface area contributed by atoms with Crippen LogP contribution < -0.4 is 21.7 Å². The second-order valence-electron chi connectivity index (χ2n) is 19.1. The van der Waals surface area contributed by atoms with Crippen LogP contribution in [-0.4, -0.2) is 139 Å². The van der Waals surface area contributed by atoms with Crippen molar-refractivity contribution in [2.75, 3.05) is 50.8 Å². The zero-order valence-corrected chi connectivity index (χ0v) is 47.8. The van der Waals surface area contributed by atoms with Crippen molar-refractivity contribution in [1.82, 2.24) is 16.0 Å². The molecule has 82 heavy (non-hydrogen) atoms. The fourth-order valence-electron chi connectivity index (χ4n) is 4.00. The molecule has 0 radical (unpaired) electrons. The summed E-state index contributed by atoms with van der Waals surface area (Å²) in [6.07, 6.45) is 1.71. The van der Waals surface area contributed by atoms with Crippen LogP contribution in [0.2, 0.25) is 0 Å². The number of esters is 4. The molecule has 2 unspecified atom stereocenters. The minimum Gasteiger partial charge on any atom is -0.748 e. The van der Waals surface area contributed by atoms with Crippen molar-refractivity contribution in [1.29, 1.82) is 0 Å². The largest absolute Gasteiger partial charge is 0.748 e. The van der Waals surface area contributed by atoms with Crippen LogP contribution in [-0.2, 0) is 77.3 Å². The molecular formula is C55H127N4O20PS2. The van der Waals surface area contributed by atoms with Gasteiger partial charge in [-0.05, 0) is 94.9 Å². The molecule has 0 spiro atoms. The first-order valence-corrected chi connectivity index (χ1v) is 27.8. The highest BCUT2D eigenvalue weighted by Crippen LogP contribution is 2.35. The maximum atomic E-state index is 11.6. The van der Waals surface area contributed by atoms with Crippen LogP contribution in [0.15, 0.2) is 24.3 Å². The highest BCUT2D eigenvalue weighted by Gasteiger charge is 2.31. The summed E-state index contributed by atoms with van der Waals surface area (Å²) < 4.78 is 90.9. The summed E-state index contributed by atoms with van der Waals surface area (Å²) in [6.45, 7) is 34.8. The lowest BCUT2D eigenvalue weighted by molar-refractivity contribution is -0.372. The average molecular weight is 1260 g/mol. The van der Waals surface area contributed by atoms with E-state index in [0.717, 1.165) is 0 Å². The number of quaternary nitrogens is 1. The van der Waals surface area contributed by atoms with E-state index in [2.05, 4.69) is 44.3 Å². The molecule has 27 heteroatoms. The van der Waals surface area contributed by atoms with Gasteiger partial charge in [-0.25, -0.2) is 18.0 Å². The molecule has 9 N–H and O–H groups in total. The minimum atomic E-state index is -4.32. The number of rotatable bonds is 25. The van der Waals surface area contributed by atoms with Crippen molar-refractivity contribution in [3.05, 3.63) is 24.3 Å². The molecular weight excluding hydrogens is 1130 g/mol. The van der Waals surface area contributed by atoms with Crippen LogP contribution in [0.25, 0.3) is 0 Å². The zero-order chi connectivity index (χ0) is 58.3. The molecule has 0 rings (SSSR count). The first kappa shape index (κ1) is 116. The minimum absolute atomic E-state index is 0. The van der Waals surface area contributed by atoms with E-state index < -0.39 is 91.4 Å². The van der Waals surface area contributed by atoms with Gasteiger partial charge in [-0.15, -0.1) is 0 Å². The van der Waals surface area contributed by atoms with Gasteiger partial charge >= 0.3 is 31.5 Å². The fourth-order valence-corrected chi connectivity index (χ4v) is 6.23. The summed E-state index contributed by atoms with van der Waals surface area (Å²) in [5.74, 6) is -4.13. The molecule has 504 valence electrons. The van der Waals surface area contributed by atoms with Crippen LogP contribution >= 0.6 is 7.60 Å². The molecule has 0 aromatic heterocycles. The van der Waals surface area contributed by atoms with Crippen LogP contribution in [0.4, 0.5) is 0 Å². The van der Waals surface area contributed by atoms with E-state index in [9.17, 15) is 59.5 Å². The van der Waals surface area contributed by atoms with Crippen molar-refractivity contribution in [2.45, 2.75) is 222 Å². The molecule has 0 aromatic carbocycles. The lowest BCUT2D eigenvalue weighted by Crippen LogP contribution is -2.52. The average Bonchev–Trinajstić information content (AvgIpc) is 3.22. The van der Waals surface area contributed by atoms with Gasteiger partial charge in [0.2, 0.25) is 11.8 Å². The lowest BCUT2D eigenvalue weighted by Gasteiger charge is -2.28. The van der Waals surface area contributed by atoms with Gasteiger partial charge < -0.3 is 55.0 Å². The maximum Gasteiger partial charge on any atom is 0.362 e. The third-order valence-electron chi connectivity index (χ3n) is 9.43. The Morgan fingerprint density at radius 1 is 0.598 bits per heavy atom. The van der Waals surface area contributed by atoms with E-state index in [4.69, 9.17) is 23.8 Å². The number of carbonyl (C=O) groups is 7. The Morgan fingerprint density at radius 2 is 0.915 bits per heavy atom. The Hall–Kier alpha value is -4.30. The second kappa shape index (κ2) is 54.6. The van der Waals surface area contributed by atoms with Crippen molar-refractivity contribution in [3.8, 4) is 0 Å². The van der Waals surface area contributed by atoms with Gasteiger partial charge in [-0.1, -0.05) is 129 Å². The third kappa shape index (κ3) is 70.0. The van der Waals surface area contributed by atoms with Gasteiger partial charge in [-0.3, -0.25) is 33.1 Å². The molecule has 0 heterocycles. The Bertz CT molecular complexity index is 1970. The molecule has 24 nitrogen and oxygen atoms in total. The predicted molar refractivity (Wildman–Crippen MR) is 336 cm³/mol. The van der Waals surface area contributed by atoms with Crippen molar-refractivity contribution >= 4 is 69.4 Å². The summed E-state index contributed by atoms with van der Waals surface area (Å²) in [7, 11) is -12.6. The van der Waals surface area contributed by atoms with E-state index in [1.54, 1.807) is 69.2 Å². The molecule has 0 fully saturated rings. The first-order chi connectivity index (χ1) is 32.2. The number of nitrogens with one attached hydrogen (secondary N) is 3. The summed E-state index contributed by atoms with van der Waals surface area (Å²) in [6, 6.07) is 0. The van der Waals surface area contributed by atoms with E-state index in [0.29, 0.717) is 50.0 Å². The molecule has 3 amide bonds. The molecule has 0 bridgehead atoms. The SMILES string of the molecule is C.C.C.C.C.C.C.C.C.C.C=C(C)C(=O)OCCNC(=O)COC(=O)C(C)(C)CC.C=C(C)C(=O)OCC[NH3+].CCC(C)(C)C(=O)OCP(=O)(O)O.CCC(C)C(=O)NC(C)(C)CS(=O)(=O)O.CCC(C)C(=O)NC(C)(C)CS(=O)(=O)[O-]. The van der Waals surface area contributed by atoms with Crippen LogP contribution in [0.1, 0.15) is 211 Å². The smallest absolute Gasteiger partial charge is 0.362 e. The normalized spacial score (nSPS) is 10.9. The highest BCUT2D eigenvalue weighted by atomic mass is 32.2. The van der Waals surface area contributed by atoms with E-state index in [1.807, 2.05) is 20.8 Å². The van der Waals surface area contributed by atoms with Crippen molar-refractivity contribution in [3.63, 3.8) is 0 Å². The molecule has 0 saturated heterocycles. The molecule has 0 aliphatic heterocycles. The number of amides is 3. The monoisotopic (exact) mass is 1260 g/mol. The molecule has 0 saturated carbocycles. The first-order valence-electron chi connectivity index (χ1n) is 22.8. The second-order valence-corrected chi connectivity index (χ2v) is 23.5. The fraction of sp³-hybridized carbons (Fsp3) is 0.800. The number of hydrogen-bond acceptors (Lipinski definition) is 17. The van der Waals surface area contributed by atoms with Gasteiger partial charge in [0.15, 0.2) is 13.0 Å².